The van der Waals surface area contributed by atoms with E-state index in [1.54, 1.807) is 12.4 Å². The van der Waals surface area contributed by atoms with Crippen LogP contribution in [-0.4, -0.2) is 41.3 Å². The first kappa shape index (κ1) is 15.0. The minimum absolute atomic E-state index is 0.202. The Morgan fingerprint density at radius 3 is 2.52 bits per heavy atom. The van der Waals surface area contributed by atoms with E-state index in [4.69, 9.17) is 0 Å². The summed E-state index contributed by atoms with van der Waals surface area (Å²) in [6, 6.07) is 0. The lowest BCUT2D eigenvalue weighted by Gasteiger charge is -2.26. The molecule has 0 spiro atoms. The first-order chi connectivity index (χ1) is 10.0. The molecule has 2 aromatic heterocycles. The summed E-state index contributed by atoms with van der Waals surface area (Å²) in [4.78, 5) is 20.0. The molecule has 2 heterocycles. The third-order valence-corrected chi connectivity index (χ3v) is 3.80. The molecule has 1 N–H and O–H groups in total. The average molecular weight is 290 g/mol. The highest BCUT2D eigenvalue weighted by molar-refractivity contribution is 5.74. The van der Waals surface area contributed by atoms with Gasteiger partial charge in [-0.05, 0) is 30.2 Å². The minimum atomic E-state index is -0.887. The van der Waals surface area contributed by atoms with Crippen LogP contribution < -0.4 is 0 Å². The summed E-state index contributed by atoms with van der Waals surface area (Å²) in [5, 5.41) is 21.0. The number of aliphatic carboxylic acids is 1. The van der Waals surface area contributed by atoms with Crippen molar-refractivity contribution < 1.29 is 9.90 Å². The summed E-state index contributed by atoms with van der Waals surface area (Å²) in [6.07, 6.45) is 4.20. The number of nitrogens with zero attached hydrogens (tertiary/aromatic N) is 6. The molecule has 0 saturated carbocycles. The van der Waals surface area contributed by atoms with Crippen molar-refractivity contribution in [1.29, 1.82) is 0 Å². The van der Waals surface area contributed by atoms with Gasteiger partial charge in [-0.25, -0.2) is 9.67 Å². The Hall–Kier alpha value is -2.38. The largest absolute Gasteiger partial charge is 0.481 e. The molecule has 0 unspecified atom stereocenters. The fraction of sp³-hybridized carbons (Fsp3) is 0.538. The third-order valence-electron chi connectivity index (χ3n) is 3.80. The van der Waals surface area contributed by atoms with E-state index in [1.165, 1.54) is 4.68 Å². The molecule has 0 radical (unpaired) electrons. The Bertz CT molecular complexity index is 618. The SMILES string of the molecule is CCC(CC)(Cn1nnnc1-c1cnc(C)cn1)C(=O)O. The Morgan fingerprint density at radius 1 is 1.29 bits per heavy atom. The lowest BCUT2D eigenvalue weighted by Crippen LogP contribution is -2.35. The van der Waals surface area contributed by atoms with Crippen molar-refractivity contribution in [3.63, 3.8) is 0 Å². The number of rotatable bonds is 6. The van der Waals surface area contributed by atoms with Crippen molar-refractivity contribution in [2.24, 2.45) is 5.41 Å². The zero-order valence-corrected chi connectivity index (χ0v) is 12.3. The smallest absolute Gasteiger partial charge is 0.311 e. The van der Waals surface area contributed by atoms with E-state index < -0.39 is 11.4 Å². The van der Waals surface area contributed by atoms with Gasteiger partial charge in [-0.1, -0.05) is 13.8 Å². The molecule has 112 valence electrons. The van der Waals surface area contributed by atoms with Crippen molar-refractivity contribution in [3.05, 3.63) is 18.1 Å². The van der Waals surface area contributed by atoms with Gasteiger partial charge >= 0.3 is 5.97 Å². The number of aromatic nitrogens is 6. The molecule has 0 saturated heterocycles. The van der Waals surface area contributed by atoms with Crippen molar-refractivity contribution in [2.75, 3.05) is 0 Å². The highest BCUT2D eigenvalue weighted by atomic mass is 16.4. The topological polar surface area (TPSA) is 107 Å². The van der Waals surface area contributed by atoms with Gasteiger partial charge in [0, 0.05) is 6.20 Å². The Morgan fingerprint density at radius 2 is 2.00 bits per heavy atom. The van der Waals surface area contributed by atoms with Crippen molar-refractivity contribution >= 4 is 5.97 Å². The second-order valence-electron chi connectivity index (χ2n) is 5.00. The fourth-order valence-corrected chi connectivity index (χ4v) is 2.13. The molecular weight excluding hydrogens is 272 g/mol. The van der Waals surface area contributed by atoms with Crippen LogP contribution in [0.1, 0.15) is 32.4 Å². The fourth-order valence-electron chi connectivity index (χ4n) is 2.13. The van der Waals surface area contributed by atoms with Gasteiger partial charge in [-0.2, -0.15) is 0 Å². The van der Waals surface area contributed by atoms with E-state index in [2.05, 4.69) is 25.5 Å². The molecule has 2 aromatic rings. The molecule has 8 nitrogen and oxygen atoms in total. The second kappa shape index (κ2) is 5.94. The zero-order chi connectivity index (χ0) is 15.5. The number of carboxylic acids is 1. The van der Waals surface area contributed by atoms with E-state index >= 15 is 0 Å². The summed E-state index contributed by atoms with van der Waals surface area (Å²) in [5.41, 5.74) is 0.430. The quantitative estimate of drug-likeness (QED) is 0.855. The van der Waals surface area contributed by atoms with Crippen LogP contribution in [0.25, 0.3) is 11.5 Å². The van der Waals surface area contributed by atoms with Crippen molar-refractivity contribution in [1.82, 2.24) is 30.2 Å². The van der Waals surface area contributed by atoms with Gasteiger partial charge in [0.25, 0.3) is 0 Å². The van der Waals surface area contributed by atoms with Crippen molar-refractivity contribution in [2.45, 2.75) is 40.2 Å². The molecular formula is C13H18N6O2. The predicted octanol–water partition coefficient (Wildman–Crippen LogP) is 1.33. The highest BCUT2D eigenvalue weighted by Crippen LogP contribution is 2.30. The average Bonchev–Trinajstić information content (AvgIpc) is 2.93. The molecule has 0 aliphatic carbocycles. The maximum Gasteiger partial charge on any atom is 0.311 e. The molecule has 0 fully saturated rings. The molecule has 0 aromatic carbocycles. The van der Waals surface area contributed by atoms with Gasteiger partial charge < -0.3 is 5.11 Å². The number of tetrazole rings is 1. The molecule has 21 heavy (non-hydrogen) atoms. The summed E-state index contributed by atoms with van der Waals surface area (Å²) in [7, 11) is 0. The lowest BCUT2D eigenvalue weighted by atomic mass is 9.82. The van der Waals surface area contributed by atoms with Gasteiger partial charge in [0.1, 0.15) is 5.69 Å². The van der Waals surface area contributed by atoms with E-state index in [0.29, 0.717) is 24.4 Å². The maximum absolute atomic E-state index is 11.6. The van der Waals surface area contributed by atoms with Crippen LogP contribution >= 0.6 is 0 Å². The monoisotopic (exact) mass is 290 g/mol. The van der Waals surface area contributed by atoms with E-state index in [9.17, 15) is 9.90 Å². The number of hydrogen-bond acceptors (Lipinski definition) is 6. The van der Waals surface area contributed by atoms with Gasteiger partial charge in [0.15, 0.2) is 0 Å². The van der Waals surface area contributed by atoms with Crippen LogP contribution in [-0.2, 0) is 11.3 Å². The number of carboxylic acid groups (broad SMARTS) is 1. The number of hydrogen-bond donors (Lipinski definition) is 1. The Balaban J connectivity index is 2.36. The third kappa shape index (κ3) is 2.88. The van der Waals surface area contributed by atoms with Gasteiger partial charge in [-0.3, -0.25) is 9.78 Å². The Kier molecular flexibility index (Phi) is 4.25. The predicted molar refractivity (Wildman–Crippen MR) is 74.2 cm³/mol. The molecule has 0 amide bonds. The molecule has 2 rings (SSSR count). The number of aryl methyl sites for hydroxylation is 1. The summed E-state index contributed by atoms with van der Waals surface area (Å²) < 4.78 is 1.49. The molecule has 0 atom stereocenters. The van der Waals surface area contributed by atoms with E-state index in [-0.39, 0.29) is 6.54 Å². The van der Waals surface area contributed by atoms with Crippen LogP contribution in [0.4, 0.5) is 0 Å². The minimum Gasteiger partial charge on any atom is -0.481 e. The van der Waals surface area contributed by atoms with Gasteiger partial charge in [0.05, 0.1) is 23.9 Å². The standard InChI is InChI=1S/C13H18N6O2/c1-4-13(5-2,12(20)21)8-19-11(16-17-18-19)10-7-14-9(3)6-15-10/h6-7H,4-5,8H2,1-3H3,(H,20,21). The van der Waals surface area contributed by atoms with Gasteiger partial charge in [-0.15, -0.1) is 5.10 Å². The van der Waals surface area contributed by atoms with Crippen LogP contribution in [0.15, 0.2) is 12.4 Å². The number of carbonyl (C=O) groups is 1. The first-order valence-corrected chi connectivity index (χ1v) is 6.81. The summed E-state index contributed by atoms with van der Waals surface area (Å²) >= 11 is 0. The Labute approximate surface area is 122 Å². The zero-order valence-electron chi connectivity index (χ0n) is 12.3. The molecule has 8 heteroatoms. The van der Waals surface area contributed by atoms with Crippen LogP contribution in [0.2, 0.25) is 0 Å². The van der Waals surface area contributed by atoms with Crippen LogP contribution in [0, 0.1) is 12.3 Å². The normalized spacial score (nSPS) is 11.6. The second-order valence-corrected chi connectivity index (χ2v) is 5.00. The summed E-state index contributed by atoms with van der Waals surface area (Å²) in [6.45, 7) is 5.75. The molecule has 0 aliphatic heterocycles. The highest BCUT2D eigenvalue weighted by Gasteiger charge is 2.36. The van der Waals surface area contributed by atoms with Gasteiger partial charge in [0.2, 0.25) is 5.82 Å². The molecule has 0 bridgehead atoms. The van der Waals surface area contributed by atoms with Crippen LogP contribution in [0.3, 0.4) is 0 Å². The molecule has 0 aliphatic rings. The summed E-state index contributed by atoms with van der Waals surface area (Å²) in [5.74, 6) is -0.418. The van der Waals surface area contributed by atoms with Crippen LogP contribution in [0.5, 0.6) is 0 Å². The van der Waals surface area contributed by atoms with E-state index in [1.807, 2.05) is 20.8 Å². The van der Waals surface area contributed by atoms with Crippen molar-refractivity contribution in [3.8, 4) is 11.5 Å². The first-order valence-electron chi connectivity index (χ1n) is 6.81. The maximum atomic E-state index is 11.6. The lowest BCUT2D eigenvalue weighted by molar-refractivity contribution is -0.150. The van der Waals surface area contributed by atoms with E-state index in [0.717, 1.165) is 5.69 Å².